The van der Waals surface area contributed by atoms with Crippen LogP contribution >= 0.6 is 11.3 Å². The Bertz CT molecular complexity index is 896. The molecular formula is C26H40N2O5S. The van der Waals surface area contributed by atoms with Crippen LogP contribution in [0.2, 0.25) is 0 Å². The highest BCUT2D eigenvalue weighted by Gasteiger charge is 2.47. The first-order valence-corrected chi connectivity index (χ1v) is 12.9. The topological polar surface area (TPSA) is 109 Å². The molecule has 0 radical (unpaired) electrons. The molecule has 0 aromatic carbocycles. The zero-order valence-electron chi connectivity index (χ0n) is 21.2. The quantitative estimate of drug-likeness (QED) is 0.404. The molecule has 3 heterocycles. The summed E-state index contributed by atoms with van der Waals surface area (Å²) in [5.74, 6) is -1.44. The molecule has 0 spiro atoms. The number of allylic oxidation sites excluding steroid dienone is 2. The lowest BCUT2D eigenvalue weighted by atomic mass is 9.76. The number of carbonyl (C=O) groups excluding carboxylic acids is 2. The van der Waals surface area contributed by atoms with E-state index in [4.69, 9.17) is 4.74 Å². The summed E-state index contributed by atoms with van der Waals surface area (Å²) in [4.78, 5) is 29.3. The molecule has 0 aliphatic carbocycles. The number of esters is 1. The number of ether oxygens (including phenoxy) is 1. The maximum absolute atomic E-state index is 13.2. The van der Waals surface area contributed by atoms with E-state index in [9.17, 15) is 19.8 Å². The molecule has 34 heavy (non-hydrogen) atoms. The third kappa shape index (κ3) is 7.57. The van der Waals surface area contributed by atoms with Gasteiger partial charge in [-0.3, -0.25) is 14.9 Å². The number of aliphatic hydroxyl groups is 2. The number of hydrogen-bond acceptors (Lipinski definition) is 8. The number of thiazole rings is 1. The third-order valence-electron chi connectivity index (χ3n) is 6.65. The van der Waals surface area contributed by atoms with Gasteiger partial charge in [-0.2, -0.15) is 0 Å². The zero-order valence-corrected chi connectivity index (χ0v) is 22.0. The maximum Gasteiger partial charge on any atom is 0.308 e. The van der Waals surface area contributed by atoms with Gasteiger partial charge in [0.05, 0.1) is 35.4 Å². The van der Waals surface area contributed by atoms with Crippen LogP contribution in [-0.4, -0.2) is 57.3 Å². The number of fused-ring (bicyclic) bond motifs is 2. The van der Waals surface area contributed by atoms with E-state index in [-0.39, 0.29) is 30.8 Å². The molecule has 7 nitrogen and oxygen atoms in total. The summed E-state index contributed by atoms with van der Waals surface area (Å²) in [6.07, 6.45) is 6.37. The highest BCUT2D eigenvalue weighted by Crippen LogP contribution is 2.29. The van der Waals surface area contributed by atoms with Crippen molar-refractivity contribution < 1.29 is 24.5 Å². The number of aliphatic hydroxyl groups excluding tert-OH is 2. The molecule has 2 bridgehead atoms. The molecule has 2 aliphatic heterocycles. The lowest BCUT2D eigenvalue weighted by Gasteiger charge is -2.41. The van der Waals surface area contributed by atoms with Gasteiger partial charge in [0.2, 0.25) is 0 Å². The van der Waals surface area contributed by atoms with E-state index in [2.05, 4.69) is 15.7 Å². The number of aromatic nitrogens is 1. The molecule has 2 aliphatic rings. The molecule has 3 rings (SSSR count). The fourth-order valence-corrected chi connectivity index (χ4v) is 5.08. The number of nitrogens with zero attached hydrogens (tertiary/aromatic N) is 1. The van der Waals surface area contributed by atoms with Crippen LogP contribution in [-0.2, 0) is 14.3 Å². The van der Waals surface area contributed by atoms with E-state index in [1.54, 1.807) is 25.2 Å². The van der Waals surface area contributed by atoms with Gasteiger partial charge in [-0.05, 0) is 59.0 Å². The normalized spacial score (nSPS) is 34.9. The Balaban J connectivity index is 0.000000379. The molecule has 190 valence electrons. The summed E-state index contributed by atoms with van der Waals surface area (Å²) in [6.45, 7) is 11.4. The Labute approximate surface area is 207 Å². The summed E-state index contributed by atoms with van der Waals surface area (Å²) in [5.41, 5.74) is 0.883. The fraction of sp³-hybridized carbons (Fsp3) is 0.654. The number of cyclic esters (lactones) is 1. The van der Waals surface area contributed by atoms with Crippen molar-refractivity contribution in [2.24, 2.45) is 11.8 Å². The van der Waals surface area contributed by atoms with Crippen molar-refractivity contribution >= 4 is 29.2 Å². The molecular weight excluding hydrogens is 452 g/mol. The number of nitrogens with one attached hydrogen (secondary N) is 1. The van der Waals surface area contributed by atoms with Crippen molar-refractivity contribution in [1.82, 2.24) is 10.3 Å². The monoisotopic (exact) mass is 492 g/mol. The Morgan fingerprint density at radius 1 is 1.26 bits per heavy atom. The van der Waals surface area contributed by atoms with Crippen LogP contribution in [0.3, 0.4) is 0 Å². The van der Waals surface area contributed by atoms with Crippen LogP contribution in [0.1, 0.15) is 71.0 Å². The first-order chi connectivity index (χ1) is 16.0. The Hall–Kier alpha value is -1.87. The van der Waals surface area contributed by atoms with Crippen molar-refractivity contribution in [3.05, 3.63) is 33.8 Å². The van der Waals surface area contributed by atoms with Crippen molar-refractivity contribution in [1.29, 1.82) is 0 Å². The summed E-state index contributed by atoms with van der Waals surface area (Å²) in [6, 6.07) is -0.353. The SMILES string of the molecule is C/C1=C/C2COC(=O)CC(O)[C@](C)(N2)C(=O)[C@H](C)[C@@H](O)[C@@H](C)CCC1.C/C=C\c1csc(C)n1. The molecule has 2 unspecified atom stereocenters. The van der Waals surface area contributed by atoms with Gasteiger partial charge in [0, 0.05) is 11.3 Å². The summed E-state index contributed by atoms with van der Waals surface area (Å²) in [5, 5.41) is 27.6. The Morgan fingerprint density at radius 3 is 2.59 bits per heavy atom. The number of Topliss-reactive ketones (excluding diaryl/α,β-unsaturated/α-hetero) is 1. The van der Waals surface area contributed by atoms with Crippen LogP contribution < -0.4 is 5.32 Å². The highest BCUT2D eigenvalue weighted by molar-refractivity contribution is 7.09. The molecule has 0 amide bonds. The van der Waals surface area contributed by atoms with E-state index in [1.165, 1.54) is 0 Å². The smallest absolute Gasteiger partial charge is 0.308 e. The molecule has 3 N–H and O–H groups in total. The van der Waals surface area contributed by atoms with Crippen molar-refractivity contribution in [3.8, 4) is 0 Å². The maximum atomic E-state index is 13.2. The molecule has 1 saturated heterocycles. The second kappa shape index (κ2) is 12.7. The van der Waals surface area contributed by atoms with Gasteiger partial charge in [-0.1, -0.05) is 31.6 Å². The molecule has 0 saturated carbocycles. The summed E-state index contributed by atoms with van der Waals surface area (Å²) >= 11 is 1.68. The summed E-state index contributed by atoms with van der Waals surface area (Å²) in [7, 11) is 0. The van der Waals surface area contributed by atoms with E-state index in [0.29, 0.717) is 0 Å². The Morgan fingerprint density at radius 2 is 1.97 bits per heavy atom. The number of carbonyl (C=O) groups is 2. The van der Waals surface area contributed by atoms with Gasteiger partial charge >= 0.3 is 5.97 Å². The van der Waals surface area contributed by atoms with Crippen LogP contribution in [0.4, 0.5) is 0 Å². The lowest BCUT2D eigenvalue weighted by Crippen LogP contribution is -2.65. The molecule has 8 heteroatoms. The predicted molar refractivity (Wildman–Crippen MR) is 135 cm³/mol. The highest BCUT2D eigenvalue weighted by atomic mass is 32.1. The van der Waals surface area contributed by atoms with Crippen LogP contribution in [0.5, 0.6) is 0 Å². The van der Waals surface area contributed by atoms with Gasteiger partial charge in [0.1, 0.15) is 12.1 Å². The van der Waals surface area contributed by atoms with Crippen molar-refractivity contribution in [2.45, 2.75) is 91.0 Å². The molecule has 1 aromatic rings. The molecule has 6 atom stereocenters. The largest absolute Gasteiger partial charge is 0.464 e. The van der Waals surface area contributed by atoms with Gasteiger partial charge < -0.3 is 14.9 Å². The van der Waals surface area contributed by atoms with E-state index >= 15 is 0 Å². The predicted octanol–water partition coefficient (Wildman–Crippen LogP) is 3.83. The van der Waals surface area contributed by atoms with E-state index in [1.807, 2.05) is 45.9 Å². The minimum absolute atomic E-state index is 0.0127. The van der Waals surface area contributed by atoms with Crippen LogP contribution in [0.15, 0.2) is 23.1 Å². The van der Waals surface area contributed by atoms with E-state index in [0.717, 1.165) is 35.5 Å². The van der Waals surface area contributed by atoms with Crippen LogP contribution in [0.25, 0.3) is 6.08 Å². The second-order valence-electron chi connectivity index (χ2n) is 9.67. The minimum atomic E-state index is -1.32. The first kappa shape index (κ1) is 28.4. The van der Waals surface area contributed by atoms with Crippen molar-refractivity contribution in [3.63, 3.8) is 0 Å². The van der Waals surface area contributed by atoms with Gasteiger partial charge in [0.15, 0.2) is 5.78 Å². The lowest BCUT2D eigenvalue weighted by molar-refractivity contribution is -0.153. The first-order valence-electron chi connectivity index (χ1n) is 12.0. The van der Waals surface area contributed by atoms with Crippen LogP contribution in [0, 0.1) is 18.8 Å². The zero-order chi connectivity index (χ0) is 25.5. The molecule has 1 aromatic heterocycles. The van der Waals surface area contributed by atoms with Gasteiger partial charge in [-0.15, -0.1) is 11.3 Å². The van der Waals surface area contributed by atoms with E-state index < -0.39 is 29.6 Å². The summed E-state index contributed by atoms with van der Waals surface area (Å²) < 4.78 is 5.19. The number of rotatable bonds is 1. The van der Waals surface area contributed by atoms with Crippen molar-refractivity contribution in [2.75, 3.05) is 6.61 Å². The fourth-order valence-electron chi connectivity index (χ4n) is 4.50. The molecule has 1 fully saturated rings. The van der Waals surface area contributed by atoms with Gasteiger partial charge in [-0.25, -0.2) is 4.98 Å². The number of aryl methyl sites for hydroxylation is 1. The number of hydrogen-bond donors (Lipinski definition) is 3. The second-order valence-corrected chi connectivity index (χ2v) is 10.7. The number of ketones is 1. The minimum Gasteiger partial charge on any atom is -0.464 e. The third-order valence-corrected chi connectivity index (χ3v) is 7.44. The standard InChI is InChI=1S/C19H31NO5.C7H9NS/c1-11-6-5-7-12(2)17(23)13(3)18(24)19(4)15(21)9-16(22)25-10-14(8-11)20-19;1-3-4-7-5-9-6(2)8-7/h8,12-15,17,20-21,23H,5-7,9-10H2,1-4H3;3-5H,1-2H3/b11-8-;4-3-/t12-,13+,14?,15?,17-,19-;/m0./s1. The van der Waals surface area contributed by atoms with Gasteiger partial charge in [0.25, 0.3) is 0 Å². The average molecular weight is 493 g/mol. The average Bonchev–Trinajstić information content (AvgIpc) is 3.19. The Kier molecular flexibility index (Phi) is 10.6.